The molecule has 1 aromatic heterocycles. The predicted molar refractivity (Wildman–Crippen MR) is 101 cm³/mol. The Balaban J connectivity index is 0.000000568. The fraction of sp³-hybridized carbons (Fsp3) is 0.316. The summed E-state index contributed by atoms with van der Waals surface area (Å²) in [4.78, 5) is 22.4. The first kappa shape index (κ1) is 22.7. The average Bonchev–Trinajstić information content (AvgIpc) is 2.69. The molecule has 1 unspecified atom stereocenters. The van der Waals surface area contributed by atoms with Crippen molar-refractivity contribution in [3.63, 3.8) is 0 Å². The van der Waals surface area contributed by atoms with Gasteiger partial charge < -0.3 is 29.7 Å². The van der Waals surface area contributed by atoms with Gasteiger partial charge in [-0.1, -0.05) is 25.1 Å². The van der Waals surface area contributed by atoms with E-state index >= 15 is 0 Å². The van der Waals surface area contributed by atoms with Crippen molar-refractivity contribution in [3.05, 3.63) is 48.7 Å². The number of ether oxygens (including phenoxy) is 3. The third kappa shape index (κ3) is 8.86. The summed E-state index contributed by atoms with van der Waals surface area (Å²) >= 11 is 0. The van der Waals surface area contributed by atoms with Crippen LogP contribution in [-0.2, 0) is 9.59 Å². The Kier molecular flexibility index (Phi) is 10.5. The number of carbonyl (C=O) groups is 2. The van der Waals surface area contributed by atoms with E-state index in [1.54, 1.807) is 13.3 Å². The Morgan fingerprint density at radius 3 is 2.21 bits per heavy atom. The zero-order valence-corrected chi connectivity index (χ0v) is 15.7. The second-order valence-corrected chi connectivity index (χ2v) is 5.24. The number of carboxylic acids is 2. The second kappa shape index (κ2) is 12.9. The summed E-state index contributed by atoms with van der Waals surface area (Å²) in [5, 5.41) is 18.0. The molecule has 0 spiro atoms. The standard InChI is InChI=1S/C17H22N2O3.C2H2O4/c1-3-18-13-11-17(22-16-10-6-7-12-19-16)21-15-9-5-4-8-14(15)20-2;3-1(4)2(5)6/h4-10,12,17-18H,3,11,13H2,1-2H3;(H,3,4)(H,5,6). The molecule has 0 amide bonds. The van der Waals surface area contributed by atoms with Crippen LogP contribution in [0, 0.1) is 0 Å². The Labute approximate surface area is 162 Å². The molecule has 1 atom stereocenters. The third-order valence-corrected chi connectivity index (χ3v) is 3.21. The monoisotopic (exact) mass is 392 g/mol. The molecule has 1 aromatic carbocycles. The van der Waals surface area contributed by atoms with Crippen LogP contribution in [0.5, 0.6) is 17.4 Å². The minimum atomic E-state index is -1.82. The zero-order valence-electron chi connectivity index (χ0n) is 15.7. The summed E-state index contributed by atoms with van der Waals surface area (Å²) in [7, 11) is 1.62. The number of nitrogens with zero attached hydrogens (tertiary/aromatic N) is 1. The molecule has 28 heavy (non-hydrogen) atoms. The van der Waals surface area contributed by atoms with Crippen LogP contribution in [0.25, 0.3) is 0 Å². The van der Waals surface area contributed by atoms with Gasteiger partial charge in [-0.3, -0.25) is 0 Å². The molecular formula is C19H24N2O7. The zero-order chi connectivity index (χ0) is 20.8. The number of para-hydroxylation sites is 2. The number of benzene rings is 1. The van der Waals surface area contributed by atoms with Gasteiger partial charge in [0.25, 0.3) is 0 Å². The third-order valence-electron chi connectivity index (χ3n) is 3.21. The number of aromatic nitrogens is 1. The normalized spacial score (nSPS) is 10.8. The number of methoxy groups -OCH3 is 1. The SMILES string of the molecule is CCNCCC(Oc1ccccn1)Oc1ccccc1OC.O=C(O)C(=O)O. The molecular weight excluding hydrogens is 368 g/mol. The van der Waals surface area contributed by atoms with Crippen molar-refractivity contribution in [2.45, 2.75) is 19.6 Å². The van der Waals surface area contributed by atoms with Gasteiger partial charge >= 0.3 is 11.9 Å². The van der Waals surface area contributed by atoms with Gasteiger partial charge in [0.15, 0.2) is 11.5 Å². The van der Waals surface area contributed by atoms with Crippen LogP contribution in [0.2, 0.25) is 0 Å². The summed E-state index contributed by atoms with van der Waals surface area (Å²) in [6.07, 6.45) is 1.95. The Morgan fingerprint density at radius 1 is 1.04 bits per heavy atom. The number of hydrogen-bond donors (Lipinski definition) is 3. The molecule has 0 fully saturated rings. The van der Waals surface area contributed by atoms with Gasteiger partial charge in [0.05, 0.1) is 7.11 Å². The molecule has 3 N–H and O–H groups in total. The molecule has 0 aliphatic rings. The van der Waals surface area contributed by atoms with Crippen LogP contribution < -0.4 is 19.5 Å². The predicted octanol–water partition coefficient (Wildman–Crippen LogP) is 2.03. The molecule has 0 bridgehead atoms. The molecule has 1 heterocycles. The first-order chi connectivity index (χ1) is 13.5. The van der Waals surface area contributed by atoms with Gasteiger partial charge in [0.1, 0.15) is 0 Å². The minimum Gasteiger partial charge on any atom is -0.493 e. The van der Waals surface area contributed by atoms with Crippen LogP contribution in [0.4, 0.5) is 0 Å². The van der Waals surface area contributed by atoms with E-state index in [-0.39, 0.29) is 0 Å². The van der Waals surface area contributed by atoms with E-state index in [4.69, 9.17) is 34.0 Å². The van der Waals surface area contributed by atoms with Crippen molar-refractivity contribution in [2.75, 3.05) is 20.2 Å². The molecule has 9 nitrogen and oxygen atoms in total. The van der Waals surface area contributed by atoms with Crippen LogP contribution >= 0.6 is 0 Å². The molecule has 2 aromatic rings. The number of pyridine rings is 1. The number of aliphatic carboxylic acids is 2. The fourth-order valence-corrected chi connectivity index (χ4v) is 1.95. The summed E-state index contributed by atoms with van der Waals surface area (Å²) in [6, 6.07) is 13.1. The van der Waals surface area contributed by atoms with Crippen LogP contribution in [0.1, 0.15) is 13.3 Å². The maximum Gasteiger partial charge on any atom is 0.414 e. The molecule has 0 saturated carbocycles. The van der Waals surface area contributed by atoms with E-state index in [1.807, 2.05) is 42.5 Å². The first-order valence-corrected chi connectivity index (χ1v) is 8.52. The highest BCUT2D eigenvalue weighted by Gasteiger charge is 2.15. The van der Waals surface area contributed by atoms with E-state index in [2.05, 4.69) is 17.2 Å². The molecule has 0 radical (unpaired) electrons. The van der Waals surface area contributed by atoms with Crippen molar-refractivity contribution >= 4 is 11.9 Å². The minimum absolute atomic E-state index is 0.440. The van der Waals surface area contributed by atoms with E-state index < -0.39 is 18.2 Å². The maximum absolute atomic E-state index is 9.10. The lowest BCUT2D eigenvalue weighted by atomic mass is 10.3. The van der Waals surface area contributed by atoms with Crippen LogP contribution in [0.3, 0.4) is 0 Å². The molecule has 0 aliphatic heterocycles. The summed E-state index contributed by atoms with van der Waals surface area (Å²) in [5.41, 5.74) is 0. The molecule has 0 saturated heterocycles. The van der Waals surface area contributed by atoms with Crippen molar-refractivity contribution < 1.29 is 34.0 Å². The number of hydrogen-bond acceptors (Lipinski definition) is 7. The van der Waals surface area contributed by atoms with E-state index in [1.165, 1.54) is 0 Å². The van der Waals surface area contributed by atoms with Gasteiger partial charge in [-0.25, -0.2) is 14.6 Å². The second-order valence-electron chi connectivity index (χ2n) is 5.24. The highest BCUT2D eigenvalue weighted by atomic mass is 16.7. The van der Waals surface area contributed by atoms with Gasteiger partial charge in [0.2, 0.25) is 12.2 Å². The topological polar surface area (TPSA) is 127 Å². The van der Waals surface area contributed by atoms with Crippen molar-refractivity contribution in [1.82, 2.24) is 10.3 Å². The summed E-state index contributed by atoms with van der Waals surface area (Å²) in [6.45, 7) is 3.77. The summed E-state index contributed by atoms with van der Waals surface area (Å²) in [5.74, 6) is -1.77. The van der Waals surface area contributed by atoms with Gasteiger partial charge in [0, 0.05) is 25.2 Å². The van der Waals surface area contributed by atoms with Gasteiger partial charge in [-0.15, -0.1) is 0 Å². The van der Waals surface area contributed by atoms with Crippen molar-refractivity contribution in [3.8, 4) is 17.4 Å². The highest BCUT2D eigenvalue weighted by molar-refractivity contribution is 6.27. The number of carboxylic acid groups (broad SMARTS) is 2. The smallest absolute Gasteiger partial charge is 0.414 e. The first-order valence-electron chi connectivity index (χ1n) is 8.52. The highest BCUT2D eigenvalue weighted by Crippen LogP contribution is 2.27. The van der Waals surface area contributed by atoms with Crippen LogP contribution in [0.15, 0.2) is 48.7 Å². The maximum atomic E-state index is 9.10. The Morgan fingerprint density at radius 2 is 1.68 bits per heavy atom. The number of rotatable bonds is 9. The molecule has 152 valence electrons. The number of nitrogens with one attached hydrogen (secondary N) is 1. The van der Waals surface area contributed by atoms with E-state index in [0.29, 0.717) is 23.8 Å². The average molecular weight is 392 g/mol. The molecule has 9 heteroatoms. The Bertz CT molecular complexity index is 713. The molecule has 0 aliphatic carbocycles. The summed E-state index contributed by atoms with van der Waals surface area (Å²) < 4.78 is 17.1. The fourth-order valence-electron chi connectivity index (χ4n) is 1.95. The van der Waals surface area contributed by atoms with Crippen molar-refractivity contribution in [2.24, 2.45) is 0 Å². The van der Waals surface area contributed by atoms with E-state index in [9.17, 15) is 0 Å². The Hall–Kier alpha value is -3.33. The largest absolute Gasteiger partial charge is 0.493 e. The lowest BCUT2D eigenvalue weighted by Gasteiger charge is -2.21. The molecule has 2 rings (SSSR count). The quantitative estimate of drug-likeness (QED) is 0.334. The van der Waals surface area contributed by atoms with Crippen molar-refractivity contribution in [1.29, 1.82) is 0 Å². The van der Waals surface area contributed by atoms with Gasteiger partial charge in [-0.2, -0.15) is 0 Å². The van der Waals surface area contributed by atoms with Crippen LogP contribution in [-0.4, -0.2) is 53.6 Å². The van der Waals surface area contributed by atoms with Gasteiger partial charge in [-0.05, 0) is 24.7 Å². The lowest BCUT2D eigenvalue weighted by Crippen LogP contribution is -2.29. The van der Waals surface area contributed by atoms with E-state index in [0.717, 1.165) is 13.1 Å². The lowest BCUT2D eigenvalue weighted by molar-refractivity contribution is -0.159.